The van der Waals surface area contributed by atoms with Crippen LogP contribution in [0.15, 0.2) is 41.4 Å². The van der Waals surface area contributed by atoms with Gasteiger partial charge in [0.05, 0.1) is 17.9 Å². The zero-order valence-corrected chi connectivity index (χ0v) is 15.3. The van der Waals surface area contributed by atoms with Crippen molar-refractivity contribution in [3.05, 3.63) is 41.6 Å². The third kappa shape index (κ3) is 2.89. The number of halogens is 1. The first-order chi connectivity index (χ1) is 11.3. The van der Waals surface area contributed by atoms with Crippen molar-refractivity contribution in [2.45, 2.75) is 4.90 Å². The monoisotopic (exact) mass is 366 g/mol. The van der Waals surface area contributed by atoms with E-state index in [1.54, 1.807) is 30.3 Å². The molecule has 0 N–H and O–H groups in total. The summed E-state index contributed by atoms with van der Waals surface area (Å²) in [5.41, 5.74) is 1.43. The van der Waals surface area contributed by atoms with Crippen LogP contribution < -0.4 is 14.1 Å². The molecule has 2 heterocycles. The Morgan fingerprint density at radius 1 is 1.12 bits per heavy atom. The Balaban J connectivity index is 2.03. The molecule has 1 aliphatic rings. The number of fused-ring (bicyclic) bond motifs is 1. The van der Waals surface area contributed by atoms with Crippen molar-refractivity contribution in [1.29, 1.82) is 0 Å². The lowest BCUT2D eigenvalue weighted by atomic mass is 10.2. The highest BCUT2D eigenvalue weighted by molar-refractivity contribution is 7.92. The van der Waals surface area contributed by atoms with Gasteiger partial charge in [0.25, 0.3) is 10.0 Å². The smallest absolute Gasteiger partial charge is 0.265 e. The SMILES string of the molecule is CN(C)c1ccc(S(=O)(=O)N2CCN(C)c3cc(Cl)ccc32)cn1. The first kappa shape index (κ1) is 16.9. The quantitative estimate of drug-likeness (QED) is 0.835. The molecule has 0 spiro atoms. The molecule has 0 unspecified atom stereocenters. The Bertz CT molecular complexity index is 853. The van der Waals surface area contributed by atoms with E-state index in [-0.39, 0.29) is 4.90 Å². The Kier molecular flexibility index (Phi) is 4.31. The summed E-state index contributed by atoms with van der Waals surface area (Å²) in [6.45, 7) is 0.971. The van der Waals surface area contributed by atoms with E-state index in [4.69, 9.17) is 11.6 Å². The molecule has 0 saturated carbocycles. The van der Waals surface area contributed by atoms with E-state index < -0.39 is 10.0 Å². The first-order valence-corrected chi connectivity index (χ1v) is 9.29. The van der Waals surface area contributed by atoms with Gasteiger partial charge in [0.1, 0.15) is 10.7 Å². The summed E-state index contributed by atoms with van der Waals surface area (Å²) in [4.78, 5) is 8.22. The topological polar surface area (TPSA) is 56.8 Å². The Labute approximate surface area is 147 Å². The maximum Gasteiger partial charge on any atom is 0.265 e. The number of sulfonamides is 1. The minimum Gasteiger partial charge on any atom is -0.371 e. The van der Waals surface area contributed by atoms with Crippen LogP contribution in [0.2, 0.25) is 5.02 Å². The van der Waals surface area contributed by atoms with E-state index in [9.17, 15) is 8.42 Å². The van der Waals surface area contributed by atoms with Crippen molar-refractivity contribution in [2.24, 2.45) is 0 Å². The van der Waals surface area contributed by atoms with E-state index in [0.717, 1.165) is 5.69 Å². The number of likely N-dealkylation sites (N-methyl/N-ethyl adjacent to an activating group) is 1. The molecule has 0 amide bonds. The highest BCUT2D eigenvalue weighted by Crippen LogP contribution is 2.37. The molecular formula is C16H19ClN4O2S. The number of anilines is 3. The zero-order chi connectivity index (χ0) is 17.5. The second-order valence-corrected chi connectivity index (χ2v) is 8.18. The maximum atomic E-state index is 13.0. The van der Waals surface area contributed by atoms with E-state index in [0.29, 0.717) is 29.6 Å². The average Bonchev–Trinajstić information content (AvgIpc) is 2.55. The Morgan fingerprint density at radius 2 is 1.88 bits per heavy atom. The number of rotatable bonds is 3. The van der Waals surface area contributed by atoms with Crippen LogP contribution in [0.1, 0.15) is 0 Å². The molecule has 0 aliphatic carbocycles. The van der Waals surface area contributed by atoms with Crippen LogP contribution in [-0.4, -0.2) is 47.6 Å². The molecular weight excluding hydrogens is 348 g/mol. The van der Waals surface area contributed by atoms with Crippen molar-refractivity contribution in [3.8, 4) is 0 Å². The van der Waals surface area contributed by atoms with Gasteiger partial charge in [0.15, 0.2) is 0 Å². The minimum absolute atomic E-state index is 0.179. The van der Waals surface area contributed by atoms with Gasteiger partial charge < -0.3 is 9.80 Å². The number of aromatic nitrogens is 1. The van der Waals surface area contributed by atoms with Crippen LogP contribution in [0, 0.1) is 0 Å². The fourth-order valence-electron chi connectivity index (χ4n) is 2.66. The molecule has 0 atom stereocenters. The zero-order valence-electron chi connectivity index (χ0n) is 13.8. The fraction of sp³-hybridized carbons (Fsp3) is 0.312. The van der Waals surface area contributed by atoms with E-state index in [2.05, 4.69) is 4.98 Å². The van der Waals surface area contributed by atoms with Crippen LogP contribution >= 0.6 is 11.6 Å². The summed E-state index contributed by atoms with van der Waals surface area (Å²) < 4.78 is 27.5. The molecule has 0 fully saturated rings. The van der Waals surface area contributed by atoms with Crippen LogP contribution in [-0.2, 0) is 10.0 Å². The molecule has 0 radical (unpaired) electrons. The van der Waals surface area contributed by atoms with Crippen molar-refractivity contribution >= 4 is 38.8 Å². The molecule has 1 aromatic carbocycles. The van der Waals surface area contributed by atoms with Crippen molar-refractivity contribution in [1.82, 2.24) is 4.98 Å². The minimum atomic E-state index is -3.67. The van der Waals surface area contributed by atoms with Crippen LogP contribution in [0.4, 0.5) is 17.2 Å². The second kappa shape index (κ2) is 6.14. The van der Waals surface area contributed by atoms with Gasteiger partial charge in [-0.2, -0.15) is 0 Å². The van der Waals surface area contributed by atoms with Crippen LogP contribution in [0.3, 0.4) is 0 Å². The van der Waals surface area contributed by atoms with Gasteiger partial charge in [-0.1, -0.05) is 11.6 Å². The van der Waals surface area contributed by atoms with Gasteiger partial charge in [-0.15, -0.1) is 0 Å². The molecule has 2 aromatic rings. The van der Waals surface area contributed by atoms with E-state index in [1.165, 1.54) is 10.5 Å². The third-order valence-electron chi connectivity index (χ3n) is 4.02. The van der Waals surface area contributed by atoms with Gasteiger partial charge in [0.2, 0.25) is 0 Å². The molecule has 6 nitrogen and oxygen atoms in total. The molecule has 3 rings (SSSR count). The van der Waals surface area contributed by atoms with Crippen molar-refractivity contribution in [2.75, 3.05) is 48.3 Å². The van der Waals surface area contributed by atoms with Crippen LogP contribution in [0.25, 0.3) is 0 Å². The van der Waals surface area contributed by atoms with Gasteiger partial charge in [-0.05, 0) is 30.3 Å². The highest BCUT2D eigenvalue weighted by atomic mass is 35.5. The number of benzene rings is 1. The van der Waals surface area contributed by atoms with Gasteiger partial charge in [0, 0.05) is 38.9 Å². The number of hydrogen-bond acceptors (Lipinski definition) is 5. The molecule has 1 aliphatic heterocycles. The first-order valence-electron chi connectivity index (χ1n) is 7.47. The summed E-state index contributed by atoms with van der Waals surface area (Å²) >= 11 is 6.06. The largest absolute Gasteiger partial charge is 0.371 e. The van der Waals surface area contributed by atoms with E-state index in [1.807, 2.05) is 30.9 Å². The predicted molar refractivity (Wildman–Crippen MR) is 97.8 cm³/mol. The summed E-state index contributed by atoms with van der Waals surface area (Å²) in [5, 5.41) is 0.580. The lowest BCUT2D eigenvalue weighted by Gasteiger charge is -2.36. The Hall–Kier alpha value is -1.99. The Morgan fingerprint density at radius 3 is 2.50 bits per heavy atom. The van der Waals surface area contributed by atoms with Gasteiger partial charge in [-0.25, -0.2) is 13.4 Å². The van der Waals surface area contributed by atoms with Gasteiger partial charge in [-0.3, -0.25) is 4.31 Å². The molecule has 1 aromatic heterocycles. The standard InChI is InChI=1S/C16H19ClN4O2S/c1-19(2)16-7-5-13(11-18-16)24(22,23)21-9-8-20(3)15-10-12(17)4-6-14(15)21/h4-7,10-11H,8-9H2,1-3H3. The number of nitrogens with zero attached hydrogens (tertiary/aromatic N) is 4. The van der Waals surface area contributed by atoms with Gasteiger partial charge >= 0.3 is 0 Å². The molecule has 128 valence electrons. The van der Waals surface area contributed by atoms with Crippen molar-refractivity contribution in [3.63, 3.8) is 0 Å². The normalized spacial score (nSPS) is 14.5. The number of hydrogen-bond donors (Lipinski definition) is 0. The molecule has 8 heteroatoms. The van der Waals surface area contributed by atoms with Crippen LogP contribution in [0.5, 0.6) is 0 Å². The fourth-order valence-corrected chi connectivity index (χ4v) is 4.24. The summed E-state index contributed by atoms with van der Waals surface area (Å²) in [6, 6.07) is 8.52. The average molecular weight is 367 g/mol. The van der Waals surface area contributed by atoms with Crippen molar-refractivity contribution < 1.29 is 8.42 Å². The molecule has 24 heavy (non-hydrogen) atoms. The summed E-state index contributed by atoms with van der Waals surface area (Å²) in [5.74, 6) is 0.708. The maximum absolute atomic E-state index is 13.0. The molecule has 0 bridgehead atoms. The predicted octanol–water partition coefficient (Wildman–Crippen LogP) is 2.45. The van der Waals surface area contributed by atoms with E-state index >= 15 is 0 Å². The number of pyridine rings is 1. The lowest BCUT2D eigenvalue weighted by Crippen LogP contribution is -2.42. The molecule has 0 saturated heterocycles. The second-order valence-electron chi connectivity index (χ2n) is 5.88. The summed E-state index contributed by atoms with van der Waals surface area (Å²) in [7, 11) is 1.97. The highest BCUT2D eigenvalue weighted by Gasteiger charge is 2.31. The summed E-state index contributed by atoms with van der Waals surface area (Å²) in [6.07, 6.45) is 1.40. The third-order valence-corrected chi connectivity index (χ3v) is 6.05. The lowest BCUT2D eigenvalue weighted by molar-refractivity contribution is 0.589.